The van der Waals surface area contributed by atoms with E-state index in [1.165, 1.54) is 32.1 Å². The summed E-state index contributed by atoms with van der Waals surface area (Å²) < 4.78 is 14.9. The van der Waals surface area contributed by atoms with Crippen molar-refractivity contribution >= 4 is 33.2 Å². The fourth-order valence-electron chi connectivity index (χ4n) is 7.63. The molecule has 3 heterocycles. The molecule has 49 heavy (non-hydrogen) atoms. The van der Waals surface area contributed by atoms with Crippen LogP contribution in [-0.2, 0) is 15.1 Å². The highest BCUT2D eigenvalue weighted by Crippen LogP contribution is 2.50. The van der Waals surface area contributed by atoms with Gasteiger partial charge in [0.25, 0.3) is 0 Å². The van der Waals surface area contributed by atoms with Gasteiger partial charge in [-0.25, -0.2) is 4.98 Å². The van der Waals surface area contributed by atoms with Crippen molar-refractivity contribution in [2.75, 3.05) is 31.6 Å². The fourth-order valence-corrected chi connectivity index (χ4v) is 9.15. The lowest BCUT2D eigenvalue weighted by molar-refractivity contribution is 0.0240. The number of hydrogen-bond donors (Lipinski definition) is 1. The van der Waals surface area contributed by atoms with Crippen LogP contribution in [0.1, 0.15) is 88.6 Å². The summed E-state index contributed by atoms with van der Waals surface area (Å²) >= 11 is 0. The topological polar surface area (TPSA) is 85.0 Å². The summed E-state index contributed by atoms with van der Waals surface area (Å²) in [5, 5.41) is 16.2. The summed E-state index contributed by atoms with van der Waals surface area (Å²) in [4.78, 5) is 12.5. The third-order valence-corrected chi connectivity index (χ3v) is 14.3. The van der Waals surface area contributed by atoms with Crippen molar-refractivity contribution in [2.24, 2.45) is 11.8 Å². The average molecular weight is 706 g/mol. The Morgan fingerprint density at radius 2 is 1.53 bits per heavy atom. The van der Waals surface area contributed by atoms with E-state index in [1.54, 1.807) is 0 Å². The molecule has 2 aliphatic rings. The Morgan fingerprint density at radius 1 is 0.939 bits per heavy atom. The van der Waals surface area contributed by atoms with Crippen LogP contribution in [0, 0.1) is 11.8 Å². The first-order valence-corrected chi connectivity index (χ1v) is 26.2. The van der Waals surface area contributed by atoms with Crippen LogP contribution >= 0.6 is 0 Å². The summed E-state index contributed by atoms with van der Waals surface area (Å²) in [7, 11) is -2.52. The molecular weight excluding hydrogens is 643 g/mol. The van der Waals surface area contributed by atoms with Crippen molar-refractivity contribution in [2.45, 2.75) is 129 Å². The average Bonchev–Trinajstić information content (AvgIpc) is 3.63. The minimum absolute atomic E-state index is 0.372. The van der Waals surface area contributed by atoms with Crippen molar-refractivity contribution in [3.63, 3.8) is 0 Å². The van der Waals surface area contributed by atoms with Gasteiger partial charge in [0.2, 0.25) is 0 Å². The van der Waals surface area contributed by atoms with E-state index >= 15 is 0 Å². The van der Waals surface area contributed by atoms with E-state index in [0.717, 1.165) is 76.6 Å². The standard InChI is InChI=1S/C39H63N5O3Si2/c1-11-39(45,12-2)34-16-15-31(24-40-34)33-25-41-44-37(33)42-36(32-22-29-13-14-30(21-29)23-32)35(28(3)4)38(44)43(26-46-17-19-48(5,6)7)27-47-18-20-49(8,9)10/h15-16,24-25,29-30,32,45H,3,11-14,17-23,26-27H2,1-2,4-10H3/t29-,30+,32?. The minimum Gasteiger partial charge on any atom is -0.384 e. The molecule has 5 rings (SSSR count). The van der Waals surface area contributed by atoms with Crippen molar-refractivity contribution < 1.29 is 14.6 Å². The van der Waals surface area contributed by atoms with Gasteiger partial charge in [-0.3, -0.25) is 4.98 Å². The highest BCUT2D eigenvalue weighted by molar-refractivity contribution is 6.76. The lowest BCUT2D eigenvalue weighted by atomic mass is 9.77. The van der Waals surface area contributed by atoms with Crippen molar-refractivity contribution in [3.8, 4) is 11.1 Å². The summed E-state index contributed by atoms with van der Waals surface area (Å²) in [5.74, 6) is 2.86. The first kappa shape index (κ1) is 37.9. The van der Waals surface area contributed by atoms with Gasteiger partial charge in [-0.15, -0.1) is 0 Å². The Kier molecular flexibility index (Phi) is 12.0. The molecule has 1 N–H and O–H groups in total. The molecule has 8 nitrogen and oxygen atoms in total. The number of ether oxygens (including phenoxy) is 2. The Morgan fingerprint density at radius 3 is 2.02 bits per heavy atom. The molecular formula is C39H63N5O3Si2. The molecule has 3 aromatic rings. The maximum atomic E-state index is 11.1. The molecule has 0 radical (unpaired) electrons. The monoisotopic (exact) mass is 705 g/mol. The minimum atomic E-state index is -1.26. The van der Waals surface area contributed by atoms with Gasteiger partial charge in [0.1, 0.15) is 24.9 Å². The Bertz CT molecular complexity index is 1540. The van der Waals surface area contributed by atoms with Gasteiger partial charge in [0.05, 0.1) is 17.6 Å². The molecule has 3 aromatic heterocycles. The Balaban J connectivity index is 1.63. The van der Waals surface area contributed by atoms with Crippen molar-refractivity contribution in [1.29, 1.82) is 0 Å². The van der Waals surface area contributed by atoms with Gasteiger partial charge in [0.15, 0.2) is 5.65 Å². The van der Waals surface area contributed by atoms with Gasteiger partial charge < -0.3 is 19.5 Å². The molecule has 0 saturated heterocycles. The molecule has 3 atom stereocenters. The molecule has 10 heteroatoms. The quantitative estimate of drug-likeness (QED) is 0.0851. The zero-order valence-corrected chi connectivity index (χ0v) is 33.9. The Hall–Kier alpha value is -2.38. The third kappa shape index (κ3) is 9.11. The van der Waals surface area contributed by atoms with Crippen LogP contribution in [0.15, 0.2) is 31.1 Å². The highest BCUT2D eigenvalue weighted by Gasteiger charge is 2.38. The van der Waals surface area contributed by atoms with Crippen LogP contribution in [-0.4, -0.2) is 67.5 Å². The second kappa shape index (κ2) is 15.5. The largest absolute Gasteiger partial charge is 0.384 e. The molecule has 0 aromatic carbocycles. The summed E-state index contributed by atoms with van der Waals surface area (Å²) in [5.41, 5.74) is 5.68. The van der Waals surface area contributed by atoms with Crippen molar-refractivity contribution in [1.82, 2.24) is 19.6 Å². The number of nitrogens with zero attached hydrogens (tertiary/aromatic N) is 5. The second-order valence-electron chi connectivity index (χ2n) is 17.4. The molecule has 2 aliphatic carbocycles. The summed E-state index contributed by atoms with van der Waals surface area (Å²) in [6.07, 6.45) is 11.4. The zero-order valence-electron chi connectivity index (χ0n) is 31.9. The van der Waals surface area contributed by atoms with Crippen LogP contribution in [0.3, 0.4) is 0 Å². The van der Waals surface area contributed by atoms with E-state index in [0.29, 0.717) is 37.9 Å². The molecule has 2 saturated carbocycles. The molecule has 0 spiro atoms. The van der Waals surface area contributed by atoms with E-state index in [-0.39, 0.29) is 0 Å². The van der Waals surface area contributed by atoms with E-state index in [4.69, 9.17) is 24.5 Å². The van der Waals surface area contributed by atoms with Gasteiger partial charge in [-0.2, -0.15) is 9.61 Å². The maximum absolute atomic E-state index is 11.1. The van der Waals surface area contributed by atoms with Crippen LogP contribution in [0.4, 0.5) is 5.82 Å². The molecule has 2 fully saturated rings. The van der Waals surface area contributed by atoms with Crippen LogP contribution < -0.4 is 4.90 Å². The SMILES string of the molecule is C=C(C)c1c(C2C[C@H]3CC[C@@H](C2)C3)nc2c(-c3ccc(C(O)(CC)CC)nc3)cnn2c1N(COCC[Si](C)(C)C)COCC[Si](C)(C)C. The van der Waals surface area contributed by atoms with E-state index in [9.17, 15) is 5.11 Å². The first-order chi connectivity index (χ1) is 23.1. The third-order valence-electron chi connectivity index (χ3n) is 10.9. The first-order valence-electron chi connectivity index (χ1n) is 18.8. The number of pyridine rings is 1. The number of anilines is 1. The lowest BCUT2D eigenvalue weighted by Crippen LogP contribution is -2.34. The van der Waals surface area contributed by atoms with Crippen molar-refractivity contribution in [3.05, 3.63) is 48.1 Å². The summed E-state index contributed by atoms with van der Waals surface area (Å²) in [6.45, 7) is 27.3. The fraction of sp³-hybridized carbons (Fsp3) is 0.667. The predicted octanol–water partition coefficient (Wildman–Crippen LogP) is 9.56. The molecule has 2 bridgehead atoms. The van der Waals surface area contributed by atoms with E-state index in [1.807, 2.05) is 36.8 Å². The number of allylic oxidation sites excluding steroid dienone is 1. The Labute approximate surface area is 297 Å². The number of hydrogen-bond acceptors (Lipinski definition) is 7. The van der Waals surface area contributed by atoms with E-state index < -0.39 is 21.7 Å². The number of aliphatic hydroxyl groups is 1. The highest BCUT2D eigenvalue weighted by atomic mass is 28.3. The predicted molar refractivity (Wildman–Crippen MR) is 209 cm³/mol. The maximum Gasteiger partial charge on any atom is 0.165 e. The lowest BCUT2D eigenvalue weighted by Gasteiger charge is -2.33. The molecule has 270 valence electrons. The van der Waals surface area contributed by atoms with Gasteiger partial charge in [0, 0.05) is 58.2 Å². The van der Waals surface area contributed by atoms with Crippen LogP contribution in [0.5, 0.6) is 0 Å². The molecule has 0 amide bonds. The molecule has 1 unspecified atom stereocenters. The normalized spacial score (nSPS) is 19.9. The number of rotatable bonds is 17. The van der Waals surface area contributed by atoms with Crippen LogP contribution in [0.25, 0.3) is 22.3 Å². The number of fused-ring (bicyclic) bond motifs is 3. The van der Waals surface area contributed by atoms with Gasteiger partial charge in [-0.1, -0.05) is 78.6 Å². The van der Waals surface area contributed by atoms with Gasteiger partial charge >= 0.3 is 0 Å². The molecule has 0 aliphatic heterocycles. The smallest absolute Gasteiger partial charge is 0.165 e. The second-order valence-corrected chi connectivity index (χ2v) is 28.6. The van der Waals surface area contributed by atoms with Gasteiger partial charge in [-0.05, 0) is 74.6 Å². The number of aromatic nitrogens is 4. The van der Waals surface area contributed by atoms with Crippen LogP contribution in [0.2, 0.25) is 51.4 Å². The van der Waals surface area contributed by atoms with E-state index in [2.05, 4.69) is 63.8 Å². The zero-order chi connectivity index (χ0) is 35.6. The summed E-state index contributed by atoms with van der Waals surface area (Å²) in [6, 6.07) is 6.22.